The monoisotopic (exact) mass is 703 g/mol. The second-order valence-corrected chi connectivity index (χ2v) is 13.5. The summed E-state index contributed by atoms with van der Waals surface area (Å²) in [6.45, 7) is 4.03. The summed E-state index contributed by atoms with van der Waals surface area (Å²) in [4.78, 5) is 43.2. The quantitative estimate of drug-likeness (QED) is 0.138. The number of pyridine rings is 2. The Bertz CT molecular complexity index is 2220. The Kier molecular flexibility index (Phi) is 10.7. The molecule has 0 fully saturated rings. The summed E-state index contributed by atoms with van der Waals surface area (Å²) < 4.78 is 61.5. The van der Waals surface area contributed by atoms with Gasteiger partial charge in [0.2, 0.25) is 15.5 Å². The first kappa shape index (κ1) is 35.8. The Labute approximate surface area is 287 Å². The molecule has 0 spiro atoms. The molecule has 260 valence electrons. The van der Waals surface area contributed by atoms with Crippen LogP contribution in [0.15, 0.2) is 88.8 Å². The van der Waals surface area contributed by atoms with Crippen molar-refractivity contribution in [3.05, 3.63) is 134 Å². The van der Waals surface area contributed by atoms with Gasteiger partial charge in [0.15, 0.2) is 5.82 Å². The van der Waals surface area contributed by atoms with Crippen molar-refractivity contribution in [3.63, 3.8) is 0 Å². The highest BCUT2D eigenvalue weighted by molar-refractivity contribution is 7.89. The molecular formula is C36H35F2N5O6S. The van der Waals surface area contributed by atoms with Gasteiger partial charge in [-0.3, -0.25) is 14.4 Å². The van der Waals surface area contributed by atoms with Crippen molar-refractivity contribution in [2.24, 2.45) is 0 Å². The zero-order valence-electron chi connectivity index (χ0n) is 27.5. The van der Waals surface area contributed by atoms with Gasteiger partial charge in [-0.05, 0) is 62.1 Å². The number of aliphatic carboxylic acids is 1. The van der Waals surface area contributed by atoms with Crippen LogP contribution in [0.5, 0.6) is 0 Å². The minimum atomic E-state index is -4.35. The van der Waals surface area contributed by atoms with Crippen LogP contribution < -0.4 is 20.8 Å². The predicted octanol–water partition coefficient (Wildman–Crippen LogP) is 4.62. The second kappa shape index (κ2) is 15.0. The summed E-state index contributed by atoms with van der Waals surface area (Å²) in [6.07, 6.45) is 3.01. The molecule has 50 heavy (non-hydrogen) atoms. The maximum atomic E-state index is 16.2. The van der Waals surface area contributed by atoms with Crippen LogP contribution in [0.25, 0.3) is 10.9 Å². The number of nitrogens with one attached hydrogen (secondary N) is 3. The van der Waals surface area contributed by atoms with Crippen molar-refractivity contribution in [2.75, 3.05) is 11.9 Å². The average molecular weight is 704 g/mol. The van der Waals surface area contributed by atoms with E-state index in [2.05, 4.69) is 20.3 Å². The third kappa shape index (κ3) is 7.87. The number of anilines is 1. The molecule has 14 heteroatoms. The Morgan fingerprint density at radius 3 is 2.30 bits per heavy atom. The average Bonchev–Trinajstić information content (AvgIpc) is 3.06. The lowest BCUT2D eigenvalue weighted by Gasteiger charge is -2.19. The second-order valence-electron chi connectivity index (χ2n) is 11.9. The van der Waals surface area contributed by atoms with Gasteiger partial charge < -0.3 is 20.3 Å². The van der Waals surface area contributed by atoms with Gasteiger partial charge in [0.05, 0.1) is 15.8 Å². The molecule has 11 nitrogen and oxygen atoms in total. The predicted molar refractivity (Wildman–Crippen MR) is 185 cm³/mol. The Balaban J connectivity index is 1.47. The normalized spacial score (nSPS) is 12.1. The molecule has 0 radical (unpaired) electrons. The van der Waals surface area contributed by atoms with Crippen LogP contribution in [0.4, 0.5) is 14.6 Å². The van der Waals surface area contributed by atoms with Gasteiger partial charge in [0, 0.05) is 37.6 Å². The fraction of sp³-hybridized carbons (Fsp3) is 0.222. The van der Waals surface area contributed by atoms with Crippen LogP contribution in [-0.4, -0.2) is 47.5 Å². The number of carboxylic acid groups (broad SMARTS) is 1. The SMILES string of the molecule is Cc1cc(C)c(S(=O)(=O)NC(CNC(=O)c2cn(CCc3ccccc3)c3c(F)c(CNc4ccccn4)c(F)cc3c2=O)C(=O)O)c(C)c1. The van der Waals surface area contributed by atoms with E-state index >= 15 is 8.78 Å². The summed E-state index contributed by atoms with van der Waals surface area (Å²) in [6, 6.07) is 16.5. The molecule has 0 aliphatic carbocycles. The van der Waals surface area contributed by atoms with Crippen molar-refractivity contribution >= 4 is 38.6 Å². The maximum Gasteiger partial charge on any atom is 0.323 e. The fourth-order valence-electron chi connectivity index (χ4n) is 5.87. The van der Waals surface area contributed by atoms with Crippen LogP contribution in [-0.2, 0) is 34.3 Å². The molecule has 0 aliphatic heterocycles. The van der Waals surface area contributed by atoms with Gasteiger partial charge in [-0.25, -0.2) is 22.2 Å². The lowest BCUT2D eigenvalue weighted by atomic mass is 10.0. The largest absolute Gasteiger partial charge is 0.480 e. The first-order valence-electron chi connectivity index (χ1n) is 15.6. The minimum Gasteiger partial charge on any atom is -0.480 e. The zero-order chi connectivity index (χ0) is 36.2. The third-order valence-corrected chi connectivity index (χ3v) is 9.90. The van der Waals surface area contributed by atoms with Gasteiger partial charge in [-0.15, -0.1) is 0 Å². The molecule has 2 heterocycles. The summed E-state index contributed by atoms with van der Waals surface area (Å²) in [7, 11) is -4.35. The molecule has 3 aromatic carbocycles. The van der Waals surface area contributed by atoms with Gasteiger partial charge in [-0.2, -0.15) is 4.72 Å². The smallest absolute Gasteiger partial charge is 0.323 e. The van der Waals surface area contributed by atoms with Gasteiger partial charge >= 0.3 is 5.97 Å². The number of hydrogen-bond donors (Lipinski definition) is 4. The number of carboxylic acids is 1. The Hall–Kier alpha value is -5.47. The van der Waals surface area contributed by atoms with E-state index in [1.807, 2.05) is 30.3 Å². The highest BCUT2D eigenvalue weighted by atomic mass is 32.2. The number of carbonyl (C=O) groups excluding carboxylic acids is 1. The van der Waals surface area contributed by atoms with Crippen LogP contribution in [0.3, 0.4) is 0 Å². The number of benzene rings is 3. The third-order valence-electron chi connectivity index (χ3n) is 8.12. The molecule has 4 N–H and O–H groups in total. The number of aromatic nitrogens is 2. The number of amides is 1. The van der Waals surface area contributed by atoms with Crippen molar-refractivity contribution in [1.82, 2.24) is 19.6 Å². The number of hydrogen-bond acceptors (Lipinski definition) is 7. The number of nitrogens with zero attached hydrogens (tertiary/aromatic N) is 2. The number of fused-ring (bicyclic) bond motifs is 1. The van der Waals surface area contributed by atoms with E-state index in [0.717, 1.165) is 23.4 Å². The molecule has 1 unspecified atom stereocenters. The summed E-state index contributed by atoms with van der Waals surface area (Å²) in [5.74, 6) is -4.27. The first-order valence-corrected chi connectivity index (χ1v) is 17.1. The highest BCUT2D eigenvalue weighted by Crippen LogP contribution is 2.25. The van der Waals surface area contributed by atoms with Crippen LogP contribution in [0.1, 0.15) is 38.2 Å². The van der Waals surface area contributed by atoms with Crippen LogP contribution in [0, 0.1) is 32.4 Å². The van der Waals surface area contributed by atoms with Crippen molar-refractivity contribution in [1.29, 1.82) is 0 Å². The molecule has 5 rings (SSSR count). The molecular weight excluding hydrogens is 668 g/mol. The fourth-order valence-corrected chi connectivity index (χ4v) is 7.52. The van der Waals surface area contributed by atoms with Crippen molar-refractivity contribution < 1.29 is 31.9 Å². The number of aryl methyl sites for hydroxylation is 5. The summed E-state index contributed by atoms with van der Waals surface area (Å²) in [5.41, 5.74) is 0.444. The molecule has 0 saturated heterocycles. The standard InChI is InChI=1S/C36H35F2N5O6S/c1-21-15-22(2)34(23(3)16-21)50(48,49)42-29(36(46)47)19-41-35(45)27-20-43(14-12-24-9-5-4-6-10-24)32-25(33(27)44)17-28(37)26(31(32)38)18-40-30-11-7-8-13-39-30/h4-11,13,15-17,20,29,42H,12,14,18-19H2,1-3H3,(H,39,40)(H,41,45)(H,46,47). The summed E-state index contributed by atoms with van der Waals surface area (Å²) >= 11 is 0. The van der Waals surface area contributed by atoms with E-state index in [-0.39, 0.29) is 29.1 Å². The van der Waals surface area contributed by atoms with Gasteiger partial charge in [-0.1, -0.05) is 54.1 Å². The summed E-state index contributed by atoms with van der Waals surface area (Å²) in [5, 5.41) is 14.6. The molecule has 2 aromatic heterocycles. The minimum absolute atomic E-state index is 0.0868. The van der Waals surface area contributed by atoms with E-state index in [0.29, 0.717) is 23.4 Å². The van der Waals surface area contributed by atoms with Gasteiger partial charge in [0.1, 0.15) is 23.2 Å². The number of carbonyl (C=O) groups is 2. The zero-order valence-corrected chi connectivity index (χ0v) is 28.3. The first-order chi connectivity index (χ1) is 23.8. The Morgan fingerprint density at radius 1 is 0.980 bits per heavy atom. The van der Waals surface area contributed by atoms with Crippen LogP contribution in [0.2, 0.25) is 0 Å². The molecule has 0 aliphatic rings. The number of rotatable bonds is 13. The van der Waals surface area contributed by atoms with Crippen LogP contribution >= 0.6 is 0 Å². The van der Waals surface area contributed by atoms with E-state index in [1.54, 1.807) is 51.1 Å². The molecule has 1 atom stereocenters. The number of halogens is 2. The van der Waals surface area contributed by atoms with E-state index in [9.17, 15) is 27.9 Å². The van der Waals surface area contributed by atoms with Crippen molar-refractivity contribution in [2.45, 2.75) is 51.2 Å². The maximum absolute atomic E-state index is 16.2. The van der Waals surface area contributed by atoms with E-state index in [4.69, 9.17) is 0 Å². The van der Waals surface area contributed by atoms with E-state index in [1.165, 1.54) is 10.8 Å². The lowest BCUT2D eigenvalue weighted by molar-refractivity contribution is -0.138. The van der Waals surface area contributed by atoms with E-state index < -0.39 is 62.5 Å². The molecule has 0 bridgehead atoms. The Morgan fingerprint density at radius 2 is 1.66 bits per heavy atom. The lowest BCUT2D eigenvalue weighted by Crippen LogP contribution is -2.49. The molecule has 0 saturated carbocycles. The van der Waals surface area contributed by atoms with Gasteiger partial charge in [0.25, 0.3) is 5.91 Å². The highest BCUT2D eigenvalue weighted by Gasteiger charge is 2.29. The molecule has 5 aromatic rings. The van der Waals surface area contributed by atoms with Crippen molar-refractivity contribution in [3.8, 4) is 0 Å². The number of sulfonamides is 1. The molecule has 1 amide bonds. The topological polar surface area (TPSA) is 159 Å².